The average Bonchev–Trinajstić information content (AvgIpc) is 2.98. The molecule has 0 unspecified atom stereocenters. The van der Waals surface area contributed by atoms with Crippen molar-refractivity contribution >= 4 is 40.2 Å². The second-order valence-corrected chi connectivity index (χ2v) is 5.23. The second-order valence-electron chi connectivity index (χ2n) is 3.10. The predicted octanol–water partition coefficient (Wildman–Crippen LogP) is 2.00. The number of nitrogens with one attached hydrogen (secondary N) is 2. The third-order valence-electron chi connectivity index (χ3n) is 2.07. The number of H-pyrrole nitrogens is 1. The van der Waals surface area contributed by atoms with Gasteiger partial charge in [0.25, 0.3) is 0 Å². The van der Waals surface area contributed by atoms with Crippen LogP contribution in [-0.4, -0.2) is 32.0 Å². The van der Waals surface area contributed by atoms with E-state index in [2.05, 4.69) is 30.2 Å². The Bertz CT molecular complexity index is 632. The maximum Gasteiger partial charge on any atom is 0.225 e. The largest absolute Gasteiger partial charge is 0.357 e. The van der Waals surface area contributed by atoms with E-state index in [9.17, 15) is 0 Å². The molecule has 0 saturated carbocycles. The van der Waals surface area contributed by atoms with E-state index >= 15 is 0 Å². The minimum atomic E-state index is 0.559. The SMILES string of the molecule is CNc1nc(Sc2nccs2)c2[nH]cnc2n1. The summed E-state index contributed by atoms with van der Waals surface area (Å²) in [6, 6.07) is 0. The number of anilines is 1. The van der Waals surface area contributed by atoms with Gasteiger partial charge in [0, 0.05) is 18.6 Å². The maximum atomic E-state index is 4.40. The van der Waals surface area contributed by atoms with E-state index in [4.69, 9.17) is 0 Å². The molecule has 2 N–H and O–H groups in total. The van der Waals surface area contributed by atoms with E-state index < -0.39 is 0 Å². The Morgan fingerprint density at radius 2 is 2.29 bits per heavy atom. The van der Waals surface area contributed by atoms with Gasteiger partial charge in [-0.15, -0.1) is 11.3 Å². The molecule has 17 heavy (non-hydrogen) atoms. The molecule has 8 heteroatoms. The lowest BCUT2D eigenvalue weighted by atomic mass is 10.5. The van der Waals surface area contributed by atoms with Crippen molar-refractivity contribution in [3.05, 3.63) is 17.9 Å². The zero-order chi connectivity index (χ0) is 11.7. The van der Waals surface area contributed by atoms with Crippen molar-refractivity contribution in [2.45, 2.75) is 9.37 Å². The van der Waals surface area contributed by atoms with Gasteiger partial charge in [-0.3, -0.25) is 0 Å². The molecule has 86 valence electrons. The molecule has 0 fully saturated rings. The smallest absolute Gasteiger partial charge is 0.225 e. The number of aromatic nitrogens is 5. The van der Waals surface area contributed by atoms with Crippen LogP contribution in [0.3, 0.4) is 0 Å². The Kier molecular flexibility index (Phi) is 2.65. The Hall–Kier alpha value is -1.67. The average molecular weight is 264 g/mol. The summed E-state index contributed by atoms with van der Waals surface area (Å²) in [5.41, 5.74) is 1.49. The summed E-state index contributed by atoms with van der Waals surface area (Å²) in [6.45, 7) is 0. The quantitative estimate of drug-likeness (QED) is 0.704. The van der Waals surface area contributed by atoms with Gasteiger partial charge < -0.3 is 10.3 Å². The van der Waals surface area contributed by atoms with E-state index in [0.717, 1.165) is 14.9 Å². The predicted molar refractivity (Wildman–Crippen MR) is 67.5 cm³/mol. The van der Waals surface area contributed by atoms with Gasteiger partial charge in [-0.1, -0.05) is 0 Å². The van der Waals surface area contributed by atoms with Crippen molar-refractivity contribution in [1.82, 2.24) is 24.9 Å². The number of rotatable bonds is 3. The fourth-order valence-electron chi connectivity index (χ4n) is 1.34. The third kappa shape index (κ3) is 1.96. The molecule has 6 nitrogen and oxygen atoms in total. The number of nitrogens with zero attached hydrogens (tertiary/aromatic N) is 4. The zero-order valence-electron chi connectivity index (χ0n) is 8.84. The maximum absolute atomic E-state index is 4.40. The van der Waals surface area contributed by atoms with Crippen LogP contribution >= 0.6 is 23.1 Å². The van der Waals surface area contributed by atoms with Crippen LogP contribution in [0, 0.1) is 0 Å². The van der Waals surface area contributed by atoms with Crippen LogP contribution in [0.25, 0.3) is 11.2 Å². The Morgan fingerprint density at radius 1 is 1.35 bits per heavy atom. The van der Waals surface area contributed by atoms with Gasteiger partial charge in [-0.2, -0.15) is 4.98 Å². The summed E-state index contributed by atoms with van der Waals surface area (Å²) in [5, 5.41) is 5.69. The highest BCUT2D eigenvalue weighted by atomic mass is 32.2. The monoisotopic (exact) mass is 264 g/mol. The first-order valence-corrected chi connectivity index (χ1v) is 6.52. The van der Waals surface area contributed by atoms with Crippen LogP contribution in [0.4, 0.5) is 5.95 Å². The number of imidazole rings is 1. The van der Waals surface area contributed by atoms with Crippen LogP contribution in [0.2, 0.25) is 0 Å². The van der Waals surface area contributed by atoms with Crippen molar-refractivity contribution < 1.29 is 0 Å². The Labute approximate surface area is 105 Å². The van der Waals surface area contributed by atoms with Gasteiger partial charge in [0.1, 0.15) is 10.5 Å². The highest BCUT2D eigenvalue weighted by molar-refractivity contribution is 8.01. The Morgan fingerprint density at radius 3 is 3.06 bits per heavy atom. The molecule has 3 aromatic rings. The van der Waals surface area contributed by atoms with Crippen molar-refractivity contribution in [2.75, 3.05) is 12.4 Å². The molecule has 3 aromatic heterocycles. The first kappa shape index (κ1) is 10.5. The van der Waals surface area contributed by atoms with Crippen molar-refractivity contribution in [3.8, 4) is 0 Å². The van der Waals surface area contributed by atoms with Gasteiger partial charge in [-0.05, 0) is 11.8 Å². The van der Waals surface area contributed by atoms with E-state index in [1.165, 1.54) is 11.8 Å². The first-order valence-electron chi connectivity index (χ1n) is 4.83. The molecule has 0 spiro atoms. The normalized spacial score (nSPS) is 10.9. The van der Waals surface area contributed by atoms with Gasteiger partial charge in [0.05, 0.1) is 6.33 Å². The van der Waals surface area contributed by atoms with Crippen LogP contribution in [0.1, 0.15) is 0 Å². The topological polar surface area (TPSA) is 79.4 Å². The first-order chi connectivity index (χ1) is 8.36. The van der Waals surface area contributed by atoms with Crippen LogP contribution in [-0.2, 0) is 0 Å². The molecule has 0 aliphatic rings. The summed E-state index contributed by atoms with van der Waals surface area (Å²) >= 11 is 3.08. The number of aromatic amines is 1. The van der Waals surface area contributed by atoms with Gasteiger partial charge in [0.15, 0.2) is 9.99 Å². The second kappa shape index (κ2) is 4.30. The molecule has 0 bridgehead atoms. The minimum absolute atomic E-state index is 0.559. The molecule has 3 heterocycles. The van der Waals surface area contributed by atoms with Crippen molar-refractivity contribution in [1.29, 1.82) is 0 Å². The summed E-state index contributed by atoms with van der Waals surface area (Å²) < 4.78 is 0.946. The van der Waals surface area contributed by atoms with Gasteiger partial charge in [-0.25, -0.2) is 15.0 Å². The fraction of sp³-hybridized carbons (Fsp3) is 0.111. The molecule has 0 aromatic carbocycles. The molecule has 0 amide bonds. The van der Waals surface area contributed by atoms with E-state index in [0.29, 0.717) is 11.6 Å². The molecule has 0 aliphatic heterocycles. The lowest BCUT2D eigenvalue weighted by molar-refractivity contribution is 1.08. The standard InChI is InChI=1S/C9H8N6S2/c1-10-8-14-6-5(12-4-13-6)7(15-8)17-9-11-2-3-16-9/h2-4H,1H3,(H2,10,12,13,14,15). The Balaban J connectivity index is 2.10. The molecular formula is C9H8N6S2. The zero-order valence-corrected chi connectivity index (χ0v) is 10.5. The molecule has 0 atom stereocenters. The summed E-state index contributed by atoms with van der Waals surface area (Å²) in [6.07, 6.45) is 3.39. The lowest BCUT2D eigenvalue weighted by Gasteiger charge is -2.02. The summed E-state index contributed by atoms with van der Waals surface area (Å²) in [4.78, 5) is 20.1. The van der Waals surface area contributed by atoms with Crippen molar-refractivity contribution in [2.24, 2.45) is 0 Å². The number of hydrogen-bond donors (Lipinski definition) is 2. The number of hydrogen-bond acceptors (Lipinski definition) is 7. The van der Waals surface area contributed by atoms with Gasteiger partial charge in [0.2, 0.25) is 5.95 Å². The molecule has 3 rings (SSSR count). The van der Waals surface area contributed by atoms with Gasteiger partial charge >= 0.3 is 0 Å². The minimum Gasteiger partial charge on any atom is -0.357 e. The molecular weight excluding hydrogens is 256 g/mol. The fourth-order valence-corrected chi connectivity index (χ4v) is 2.95. The number of fused-ring (bicyclic) bond motifs is 1. The van der Waals surface area contributed by atoms with Crippen molar-refractivity contribution in [3.63, 3.8) is 0 Å². The van der Waals surface area contributed by atoms with E-state index in [1.54, 1.807) is 30.9 Å². The third-order valence-corrected chi connectivity index (χ3v) is 3.94. The number of thiazole rings is 1. The van der Waals surface area contributed by atoms with Crippen LogP contribution < -0.4 is 5.32 Å². The highest BCUT2D eigenvalue weighted by Gasteiger charge is 2.11. The molecule has 0 radical (unpaired) electrons. The molecule has 0 aliphatic carbocycles. The van der Waals surface area contributed by atoms with Crippen LogP contribution in [0.5, 0.6) is 0 Å². The molecule has 0 saturated heterocycles. The lowest BCUT2D eigenvalue weighted by Crippen LogP contribution is -1.98. The van der Waals surface area contributed by atoms with E-state index in [1.807, 2.05) is 5.38 Å². The van der Waals surface area contributed by atoms with E-state index in [-0.39, 0.29) is 0 Å². The summed E-state index contributed by atoms with van der Waals surface area (Å²) in [5.74, 6) is 0.559. The summed E-state index contributed by atoms with van der Waals surface area (Å²) in [7, 11) is 1.78. The highest BCUT2D eigenvalue weighted by Crippen LogP contribution is 2.31. The van der Waals surface area contributed by atoms with Crippen LogP contribution in [0.15, 0.2) is 27.3 Å².